The monoisotopic (exact) mass is 387 g/mol. The minimum absolute atomic E-state index is 0.223. The molecule has 140 valence electrons. The molecule has 0 unspecified atom stereocenters. The lowest BCUT2D eigenvalue weighted by Crippen LogP contribution is -2.17. The van der Waals surface area contributed by atoms with E-state index in [0.29, 0.717) is 11.6 Å². The number of benzene rings is 3. The van der Waals surface area contributed by atoms with Crippen molar-refractivity contribution in [1.82, 2.24) is 5.32 Å². The summed E-state index contributed by atoms with van der Waals surface area (Å²) in [6.07, 6.45) is 0.814. The summed E-state index contributed by atoms with van der Waals surface area (Å²) < 4.78 is 31.9. The van der Waals surface area contributed by atoms with E-state index in [-0.39, 0.29) is 18.2 Å². The number of para-hydroxylation sites is 1. The highest BCUT2D eigenvalue weighted by atomic mass is 35.5. The lowest BCUT2D eigenvalue weighted by molar-refractivity contribution is 0.302. The molecule has 1 N–H and O–H groups in total. The maximum Gasteiger partial charge on any atom is 0.124 e. The number of hydrogen-bond acceptors (Lipinski definition) is 2. The zero-order valence-corrected chi connectivity index (χ0v) is 15.5. The van der Waals surface area contributed by atoms with Gasteiger partial charge in [-0.15, -0.1) is 0 Å². The molecular weight excluding hydrogens is 368 g/mol. The normalized spacial score (nSPS) is 10.8. The van der Waals surface area contributed by atoms with E-state index in [2.05, 4.69) is 5.32 Å². The van der Waals surface area contributed by atoms with Crippen molar-refractivity contribution in [2.45, 2.75) is 19.6 Å². The second-order valence-corrected chi connectivity index (χ2v) is 6.59. The van der Waals surface area contributed by atoms with Gasteiger partial charge >= 0.3 is 0 Å². The molecule has 3 aromatic carbocycles. The third kappa shape index (κ3) is 5.78. The van der Waals surface area contributed by atoms with Crippen molar-refractivity contribution in [3.63, 3.8) is 0 Å². The summed E-state index contributed by atoms with van der Waals surface area (Å²) in [5, 5.41) is 3.72. The Hall–Kier alpha value is -2.43. The Labute approximate surface area is 162 Å². The average Bonchev–Trinajstić information content (AvgIpc) is 2.67. The van der Waals surface area contributed by atoms with Gasteiger partial charge in [0, 0.05) is 17.7 Å². The molecule has 0 saturated heterocycles. The Bertz CT molecular complexity index is 884. The van der Waals surface area contributed by atoms with E-state index in [0.717, 1.165) is 35.4 Å². The number of halogens is 3. The summed E-state index contributed by atoms with van der Waals surface area (Å²) in [4.78, 5) is 0. The molecule has 0 bridgehead atoms. The number of rotatable bonds is 8. The summed E-state index contributed by atoms with van der Waals surface area (Å²) in [5.41, 5.74) is 2.84. The van der Waals surface area contributed by atoms with Gasteiger partial charge < -0.3 is 10.1 Å². The van der Waals surface area contributed by atoms with Crippen molar-refractivity contribution < 1.29 is 13.5 Å². The molecule has 0 heterocycles. The van der Waals surface area contributed by atoms with Crippen molar-refractivity contribution in [3.05, 3.63) is 100 Å². The van der Waals surface area contributed by atoms with Crippen LogP contribution in [0, 0.1) is 11.6 Å². The van der Waals surface area contributed by atoms with Gasteiger partial charge in [0.1, 0.15) is 24.0 Å². The first kappa shape index (κ1) is 19.3. The first-order chi connectivity index (χ1) is 13.1. The molecule has 0 aliphatic heterocycles. The fourth-order valence-corrected chi connectivity index (χ4v) is 2.91. The summed E-state index contributed by atoms with van der Waals surface area (Å²) in [7, 11) is 0. The number of nitrogens with one attached hydrogen (secondary N) is 1. The predicted octanol–water partition coefficient (Wildman–Crippen LogP) is 5.53. The lowest BCUT2D eigenvalue weighted by atomic mass is 10.1. The zero-order valence-electron chi connectivity index (χ0n) is 14.7. The standard InChI is InChI=1S/C22H20ClF2NO/c23-21-13-20(25)10-7-18(21)15-27-22-4-2-1-3-17(22)14-26-12-11-16-5-8-19(24)9-6-16/h1-10,13,26H,11-12,14-15H2. The maximum atomic E-state index is 13.1. The van der Waals surface area contributed by atoms with Crippen LogP contribution < -0.4 is 10.1 Å². The van der Waals surface area contributed by atoms with Gasteiger partial charge in [-0.3, -0.25) is 0 Å². The summed E-state index contributed by atoms with van der Waals surface area (Å²) in [6, 6.07) is 18.6. The smallest absolute Gasteiger partial charge is 0.124 e. The molecule has 0 amide bonds. The molecule has 5 heteroatoms. The Morgan fingerprint density at radius 1 is 0.852 bits per heavy atom. The van der Waals surface area contributed by atoms with Gasteiger partial charge in [-0.25, -0.2) is 8.78 Å². The first-order valence-corrected chi connectivity index (χ1v) is 9.09. The van der Waals surface area contributed by atoms with Crippen LogP contribution in [0.1, 0.15) is 16.7 Å². The highest BCUT2D eigenvalue weighted by Crippen LogP contribution is 2.22. The van der Waals surface area contributed by atoms with Crippen LogP contribution in [-0.2, 0) is 19.6 Å². The zero-order chi connectivity index (χ0) is 19.1. The van der Waals surface area contributed by atoms with E-state index < -0.39 is 0 Å². The topological polar surface area (TPSA) is 21.3 Å². The average molecular weight is 388 g/mol. The Morgan fingerprint density at radius 2 is 1.59 bits per heavy atom. The van der Waals surface area contributed by atoms with Crippen LogP contribution in [0.25, 0.3) is 0 Å². The molecule has 0 saturated carbocycles. The molecule has 0 aliphatic rings. The van der Waals surface area contributed by atoms with Crippen LogP contribution >= 0.6 is 11.6 Å². The minimum atomic E-state index is -0.366. The second-order valence-electron chi connectivity index (χ2n) is 6.19. The summed E-state index contributed by atoms with van der Waals surface area (Å²) in [6.45, 7) is 1.68. The van der Waals surface area contributed by atoms with Crippen LogP contribution in [0.4, 0.5) is 8.78 Å². The van der Waals surface area contributed by atoms with Gasteiger partial charge in [0.25, 0.3) is 0 Å². The molecule has 0 aliphatic carbocycles. The van der Waals surface area contributed by atoms with Crippen LogP contribution in [0.2, 0.25) is 5.02 Å². The third-order valence-corrected chi connectivity index (χ3v) is 4.54. The molecular formula is C22H20ClF2NO. The maximum absolute atomic E-state index is 13.1. The van der Waals surface area contributed by atoms with Crippen molar-refractivity contribution in [2.75, 3.05) is 6.54 Å². The van der Waals surface area contributed by atoms with Gasteiger partial charge in [0.05, 0.1) is 5.02 Å². The van der Waals surface area contributed by atoms with E-state index >= 15 is 0 Å². The van der Waals surface area contributed by atoms with Crippen LogP contribution in [0.5, 0.6) is 5.75 Å². The quantitative estimate of drug-likeness (QED) is 0.513. The number of ether oxygens (including phenoxy) is 1. The Morgan fingerprint density at radius 3 is 2.37 bits per heavy atom. The largest absolute Gasteiger partial charge is 0.489 e. The van der Waals surface area contributed by atoms with Crippen LogP contribution in [0.15, 0.2) is 66.7 Å². The second kappa shape index (κ2) is 9.49. The van der Waals surface area contributed by atoms with E-state index in [4.69, 9.17) is 16.3 Å². The van der Waals surface area contributed by atoms with Crippen LogP contribution in [-0.4, -0.2) is 6.54 Å². The van der Waals surface area contributed by atoms with Gasteiger partial charge in [-0.2, -0.15) is 0 Å². The van der Waals surface area contributed by atoms with Crippen molar-refractivity contribution in [3.8, 4) is 5.75 Å². The van der Waals surface area contributed by atoms with E-state index in [1.807, 2.05) is 24.3 Å². The van der Waals surface area contributed by atoms with E-state index in [1.165, 1.54) is 24.3 Å². The first-order valence-electron chi connectivity index (χ1n) is 8.71. The SMILES string of the molecule is Fc1ccc(CCNCc2ccccc2OCc2ccc(F)cc2Cl)cc1. The predicted molar refractivity (Wildman–Crippen MR) is 104 cm³/mol. The highest BCUT2D eigenvalue weighted by Gasteiger charge is 2.06. The molecule has 0 spiro atoms. The molecule has 0 fully saturated rings. The summed E-state index contributed by atoms with van der Waals surface area (Å²) >= 11 is 6.05. The van der Waals surface area contributed by atoms with E-state index in [9.17, 15) is 8.78 Å². The molecule has 0 radical (unpaired) electrons. The van der Waals surface area contributed by atoms with Crippen molar-refractivity contribution in [1.29, 1.82) is 0 Å². The molecule has 0 aromatic heterocycles. The Balaban J connectivity index is 1.53. The van der Waals surface area contributed by atoms with Gasteiger partial charge in [-0.05, 0) is 48.9 Å². The molecule has 27 heavy (non-hydrogen) atoms. The van der Waals surface area contributed by atoms with Gasteiger partial charge in [0.2, 0.25) is 0 Å². The Kier molecular flexibility index (Phi) is 6.80. The number of hydrogen-bond donors (Lipinski definition) is 1. The van der Waals surface area contributed by atoms with Crippen molar-refractivity contribution >= 4 is 11.6 Å². The molecule has 2 nitrogen and oxygen atoms in total. The lowest BCUT2D eigenvalue weighted by Gasteiger charge is -2.13. The highest BCUT2D eigenvalue weighted by molar-refractivity contribution is 6.31. The fourth-order valence-electron chi connectivity index (χ4n) is 2.69. The fraction of sp³-hybridized carbons (Fsp3) is 0.182. The van der Waals surface area contributed by atoms with Crippen molar-refractivity contribution in [2.24, 2.45) is 0 Å². The summed E-state index contributed by atoms with van der Waals surface area (Å²) in [5.74, 6) is 0.167. The minimum Gasteiger partial charge on any atom is -0.489 e. The van der Waals surface area contributed by atoms with Crippen LogP contribution in [0.3, 0.4) is 0 Å². The van der Waals surface area contributed by atoms with Gasteiger partial charge in [0.15, 0.2) is 0 Å². The molecule has 3 rings (SSSR count). The third-order valence-electron chi connectivity index (χ3n) is 4.19. The molecule has 3 aromatic rings. The molecule has 0 atom stereocenters. The van der Waals surface area contributed by atoms with Gasteiger partial charge in [-0.1, -0.05) is 48.0 Å². The van der Waals surface area contributed by atoms with E-state index in [1.54, 1.807) is 18.2 Å².